The number of hydrogen-bond acceptors (Lipinski definition) is 6. The van der Waals surface area contributed by atoms with E-state index in [0.29, 0.717) is 38.7 Å². The van der Waals surface area contributed by atoms with E-state index in [1.807, 2.05) is 35.7 Å². The van der Waals surface area contributed by atoms with E-state index >= 15 is 0 Å². The highest BCUT2D eigenvalue weighted by molar-refractivity contribution is 7.89. The van der Waals surface area contributed by atoms with Gasteiger partial charge in [0, 0.05) is 24.0 Å². The number of benzene rings is 2. The maximum Gasteiger partial charge on any atom is 0.243 e. The van der Waals surface area contributed by atoms with Crippen molar-refractivity contribution in [3.8, 4) is 16.3 Å². The zero-order valence-electron chi connectivity index (χ0n) is 15.2. The van der Waals surface area contributed by atoms with Crippen LogP contribution in [-0.2, 0) is 21.4 Å². The highest BCUT2D eigenvalue weighted by Crippen LogP contribution is 2.25. The molecule has 146 valence electrons. The van der Waals surface area contributed by atoms with E-state index in [4.69, 9.17) is 9.47 Å². The molecule has 28 heavy (non-hydrogen) atoms. The fourth-order valence-corrected chi connectivity index (χ4v) is 5.11. The molecule has 0 spiro atoms. The van der Waals surface area contributed by atoms with Crippen molar-refractivity contribution in [2.75, 3.05) is 26.3 Å². The summed E-state index contributed by atoms with van der Waals surface area (Å²) in [6.07, 6.45) is 0. The fraction of sp³-hybridized carbons (Fsp3) is 0.250. The van der Waals surface area contributed by atoms with E-state index in [2.05, 4.69) is 4.98 Å². The van der Waals surface area contributed by atoms with Crippen LogP contribution in [0.3, 0.4) is 0 Å². The number of rotatable bonds is 6. The van der Waals surface area contributed by atoms with Gasteiger partial charge in [-0.3, -0.25) is 0 Å². The molecule has 8 heteroatoms. The monoisotopic (exact) mass is 416 g/mol. The zero-order valence-corrected chi connectivity index (χ0v) is 16.8. The minimum atomic E-state index is -3.49. The Bertz CT molecular complexity index is 1010. The number of ether oxygens (including phenoxy) is 2. The summed E-state index contributed by atoms with van der Waals surface area (Å²) in [4.78, 5) is 4.86. The maximum atomic E-state index is 12.6. The molecular weight excluding hydrogens is 396 g/mol. The first kappa shape index (κ1) is 19.1. The third-order valence-corrected chi connectivity index (χ3v) is 7.24. The van der Waals surface area contributed by atoms with Crippen LogP contribution in [0.4, 0.5) is 0 Å². The first-order chi connectivity index (χ1) is 13.6. The Kier molecular flexibility index (Phi) is 5.72. The second kappa shape index (κ2) is 8.40. The van der Waals surface area contributed by atoms with Gasteiger partial charge in [-0.25, -0.2) is 13.4 Å². The number of aromatic nitrogens is 1. The van der Waals surface area contributed by atoms with Crippen molar-refractivity contribution in [3.63, 3.8) is 0 Å². The lowest BCUT2D eigenvalue weighted by atomic mass is 10.2. The quantitative estimate of drug-likeness (QED) is 0.616. The topological polar surface area (TPSA) is 68.7 Å². The van der Waals surface area contributed by atoms with Gasteiger partial charge in [-0.05, 0) is 24.3 Å². The molecule has 0 amide bonds. The van der Waals surface area contributed by atoms with Crippen LogP contribution in [-0.4, -0.2) is 44.0 Å². The average molecular weight is 417 g/mol. The molecule has 1 aromatic heterocycles. The zero-order chi connectivity index (χ0) is 19.4. The van der Waals surface area contributed by atoms with Gasteiger partial charge in [0.15, 0.2) is 0 Å². The molecule has 1 aliphatic rings. The normalized spacial score (nSPS) is 15.4. The van der Waals surface area contributed by atoms with Gasteiger partial charge in [0.1, 0.15) is 17.4 Å². The van der Waals surface area contributed by atoms with Gasteiger partial charge in [-0.2, -0.15) is 4.31 Å². The second-order valence-corrected chi connectivity index (χ2v) is 9.08. The predicted molar refractivity (Wildman–Crippen MR) is 108 cm³/mol. The summed E-state index contributed by atoms with van der Waals surface area (Å²) in [6, 6.07) is 16.5. The fourth-order valence-electron chi connectivity index (χ4n) is 2.89. The molecule has 0 saturated carbocycles. The van der Waals surface area contributed by atoms with Crippen LogP contribution < -0.4 is 4.74 Å². The Morgan fingerprint density at radius 3 is 2.46 bits per heavy atom. The molecule has 0 N–H and O–H groups in total. The first-order valence-corrected chi connectivity index (χ1v) is 11.3. The molecular formula is C20H20N2O4S2. The van der Waals surface area contributed by atoms with Crippen molar-refractivity contribution in [2.45, 2.75) is 11.5 Å². The van der Waals surface area contributed by atoms with E-state index < -0.39 is 10.0 Å². The van der Waals surface area contributed by atoms with E-state index in [1.54, 1.807) is 35.6 Å². The van der Waals surface area contributed by atoms with Crippen molar-refractivity contribution < 1.29 is 17.9 Å². The Morgan fingerprint density at radius 2 is 1.75 bits per heavy atom. The summed E-state index contributed by atoms with van der Waals surface area (Å²) in [7, 11) is -3.49. The smallest absolute Gasteiger partial charge is 0.243 e. The highest BCUT2D eigenvalue weighted by Gasteiger charge is 2.26. The van der Waals surface area contributed by atoms with Crippen molar-refractivity contribution in [1.29, 1.82) is 0 Å². The van der Waals surface area contributed by atoms with E-state index in [1.165, 1.54) is 4.31 Å². The van der Waals surface area contributed by atoms with Crippen molar-refractivity contribution in [3.05, 3.63) is 65.7 Å². The lowest BCUT2D eigenvalue weighted by Crippen LogP contribution is -2.40. The Balaban J connectivity index is 1.39. The summed E-state index contributed by atoms with van der Waals surface area (Å²) in [5, 5.41) is 2.92. The van der Waals surface area contributed by atoms with Crippen LogP contribution in [0.15, 0.2) is 64.9 Å². The van der Waals surface area contributed by atoms with Gasteiger partial charge in [0.2, 0.25) is 10.0 Å². The van der Waals surface area contributed by atoms with E-state index in [-0.39, 0.29) is 4.90 Å². The molecule has 2 heterocycles. The minimum absolute atomic E-state index is 0.266. The number of thiazole rings is 1. The molecule has 0 radical (unpaired) electrons. The van der Waals surface area contributed by atoms with Crippen molar-refractivity contribution in [1.82, 2.24) is 9.29 Å². The average Bonchev–Trinajstić information content (AvgIpc) is 3.23. The number of sulfonamides is 1. The van der Waals surface area contributed by atoms with Gasteiger partial charge in [-0.1, -0.05) is 30.3 Å². The molecule has 3 aromatic rings. The number of morpholine rings is 1. The van der Waals surface area contributed by atoms with Crippen molar-refractivity contribution >= 4 is 21.4 Å². The van der Waals surface area contributed by atoms with Gasteiger partial charge < -0.3 is 9.47 Å². The largest absolute Gasteiger partial charge is 0.487 e. The third kappa shape index (κ3) is 4.25. The molecule has 6 nitrogen and oxygen atoms in total. The summed E-state index contributed by atoms with van der Waals surface area (Å²) in [6.45, 7) is 1.96. The highest BCUT2D eigenvalue weighted by atomic mass is 32.2. The molecule has 1 aliphatic heterocycles. The van der Waals surface area contributed by atoms with Crippen LogP contribution >= 0.6 is 11.3 Å². The molecule has 0 atom stereocenters. The summed E-state index contributed by atoms with van der Waals surface area (Å²) in [5.41, 5.74) is 1.92. The molecule has 0 unspecified atom stereocenters. The molecule has 1 fully saturated rings. The Morgan fingerprint density at radius 1 is 1.04 bits per heavy atom. The van der Waals surface area contributed by atoms with E-state index in [9.17, 15) is 8.42 Å². The Labute approximate surface area is 168 Å². The van der Waals surface area contributed by atoms with Gasteiger partial charge in [-0.15, -0.1) is 11.3 Å². The lowest BCUT2D eigenvalue weighted by Gasteiger charge is -2.26. The molecule has 4 rings (SSSR count). The number of nitrogens with zero attached hydrogens (tertiary/aromatic N) is 2. The van der Waals surface area contributed by atoms with Gasteiger partial charge >= 0.3 is 0 Å². The maximum absolute atomic E-state index is 12.6. The minimum Gasteiger partial charge on any atom is -0.487 e. The van der Waals surface area contributed by atoms with Crippen LogP contribution in [0.2, 0.25) is 0 Å². The van der Waals surface area contributed by atoms with Crippen molar-refractivity contribution in [2.24, 2.45) is 0 Å². The van der Waals surface area contributed by atoms with Gasteiger partial charge in [0.05, 0.1) is 23.8 Å². The van der Waals surface area contributed by atoms with Gasteiger partial charge in [0.25, 0.3) is 0 Å². The molecule has 0 aliphatic carbocycles. The van der Waals surface area contributed by atoms with E-state index in [0.717, 1.165) is 16.3 Å². The predicted octanol–water partition coefficient (Wildman–Crippen LogP) is 3.41. The summed E-state index contributed by atoms with van der Waals surface area (Å²) in [5.74, 6) is 0.607. The SMILES string of the molecule is O=S(=O)(c1ccc(OCc2csc(-c3ccccc3)n2)cc1)N1CCOCC1. The van der Waals surface area contributed by atoms with Crippen LogP contribution in [0.25, 0.3) is 10.6 Å². The summed E-state index contributed by atoms with van der Waals surface area (Å²) < 4.78 is 37.7. The second-order valence-electron chi connectivity index (χ2n) is 6.29. The van der Waals surface area contributed by atoms with Crippen LogP contribution in [0, 0.1) is 0 Å². The number of hydrogen-bond donors (Lipinski definition) is 0. The summed E-state index contributed by atoms with van der Waals surface area (Å²) >= 11 is 1.57. The first-order valence-electron chi connectivity index (χ1n) is 8.93. The molecule has 2 aromatic carbocycles. The molecule has 1 saturated heterocycles. The molecule has 0 bridgehead atoms. The lowest BCUT2D eigenvalue weighted by molar-refractivity contribution is 0.0730. The Hall–Kier alpha value is -2.26. The van der Waals surface area contributed by atoms with Crippen LogP contribution in [0.1, 0.15) is 5.69 Å². The third-order valence-electron chi connectivity index (χ3n) is 4.39. The van der Waals surface area contributed by atoms with Crippen LogP contribution in [0.5, 0.6) is 5.75 Å². The standard InChI is InChI=1S/C20H20N2O4S2/c23-28(24,22-10-12-25-13-11-22)19-8-6-18(7-9-19)26-14-17-15-27-20(21-17)16-4-2-1-3-5-16/h1-9,15H,10-14H2.